The zero-order chi connectivity index (χ0) is 12.3. The van der Waals surface area contributed by atoms with E-state index in [0.29, 0.717) is 0 Å². The fourth-order valence-electron chi connectivity index (χ4n) is 2.36. The third-order valence-electron chi connectivity index (χ3n) is 3.41. The van der Waals surface area contributed by atoms with Crippen LogP contribution in [0, 0.1) is 0 Å². The summed E-state index contributed by atoms with van der Waals surface area (Å²) in [6.07, 6.45) is 5.08. The van der Waals surface area contributed by atoms with Gasteiger partial charge in [-0.3, -0.25) is 4.79 Å². The van der Waals surface area contributed by atoms with Crippen LogP contribution in [0.25, 0.3) is 0 Å². The maximum absolute atomic E-state index is 11.2. The highest BCUT2D eigenvalue weighted by atomic mass is 16.5. The van der Waals surface area contributed by atoms with Crippen molar-refractivity contribution in [3.8, 4) is 0 Å². The van der Waals surface area contributed by atoms with E-state index in [9.17, 15) is 4.79 Å². The number of aryl methyl sites for hydroxylation is 2. The molecule has 3 nitrogen and oxygen atoms in total. The first-order chi connectivity index (χ1) is 8.20. The van der Waals surface area contributed by atoms with Crippen molar-refractivity contribution in [3.63, 3.8) is 0 Å². The Kier molecular flexibility index (Phi) is 3.79. The van der Waals surface area contributed by atoms with Gasteiger partial charge in [0.2, 0.25) is 0 Å². The molecule has 1 aliphatic carbocycles. The summed E-state index contributed by atoms with van der Waals surface area (Å²) < 4.78 is 4.64. The van der Waals surface area contributed by atoms with Crippen LogP contribution in [-0.2, 0) is 22.4 Å². The van der Waals surface area contributed by atoms with Gasteiger partial charge in [0.25, 0.3) is 0 Å². The average Bonchev–Trinajstić information content (AvgIpc) is 2.38. The fourth-order valence-corrected chi connectivity index (χ4v) is 2.36. The molecule has 0 amide bonds. The summed E-state index contributed by atoms with van der Waals surface area (Å²) in [5.74, 6) is -0.254. The molecule has 0 fully saturated rings. The van der Waals surface area contributed by atoms with Crippen LogP contribution >= 0.6 is 0 Å². The first kappa shape index (κ1) is 12.1. The molecule has 1 aromatic rings. The molecule has 1 unspecified atom stereocenters. The zero-order valence-electron chi connectivity index (χ0n) is 10.2. The van der Waals surface area contributed by atoms with Crippen LogP contribution in [0.2, 0.25) is 0 Å². The van der Waals surface area contributed by atoms with E-state index in [1.165, 1.54) is 37.5 Å². The van der Waals surface area contributed by atoms with Crippen LogP contribution in [0.1, 0.15) is 42.0 Å². The van der Waals surface area contributed by atoms with Gasteiger partial charge >= 0.3 is 5.97 Å². The lowest BCUT2D eigenvalue weighted by molar-refractivity contribution is -0.141. The van der Waals surface area contributed by atoms with Gasteiger partial charge in [-0.05, 0) is 42.4 Å². The highest BCUT2D eigenvalue weighted by Gasteiger charge is 2.15. The highest BCUT2D eigenvalue weighted by molar-refractivity contribution is 5.70. The lowest BCUT2D eigenvalue weighted by Crippen LogP contribution is -2.17. The molecule has 0 aromatic heterocycles. The molecule has 1 aromatic carbocycles. The number of nitrogens with two attached hydrogens (primary N) is 1. The van der Waals surface area contributed by atoms with Crippen LogP contribution in [-0.4, -0.2) is 13.1 Å². The van der Waals surface area contributed by atoms with Gasteiger partial charge in [0, 0.05) is 6.04 Å². The molecule has 2 N–H and O–H groups in total. The second kappa shape index (κ2) is 5.32. The third-order valence-corrected chi connectivity index (χ3v) is 3.41. The summed E-state index contributed by atoms with van der Waals surface area (Å²) >= 11 is 0. The highest BCUT2D eigenvalue weighted by Crippen LogP contribution is 2.25. The summed E-state index contributed by atoms with van der Waals surface area (Å²) in [6, 6.07) is 6.09. The Morgan fingerprint density at radius 3 is 2.76 bits per heavy atom. The van der Waals surface area contributed by atoms with Gasteiger partial charge in [-0.2, -0.15) is 0 Å². The first-order valence-electron chi connectivity index (χ1n) is 6.15. The minimum Gasteiger partial charge on any atom is -0.469 e. The van der Waals surface area contributed by atoms with Crippen molar-refractivity contribution in [2.24, 2.45) is 5.73 Å². The summed E-state index contributed by atoms with van der Waals surface area (Å²) in [6.45, 7) is 0. The number of hydrogen-bond donors (Lipinski definition) is 1. The Labute approximate surface area is 102 Å². The summed E-state index contributed by atoms with van der Waals surface area (Å²) in [5, 5.41) is 0. The maximum atomic E-state index is 11.2. The Morgan fingerprint density at radius 1 is 1.35 bits per heavy atom. The number of hydrogen-bond acceptors (Lipinski definition) is 3. The van der Waals surface area contributed by atoms with E-state index >= 15 is 0 Å². The van der Waals surface area contributed by atoms with E-state index in [1.807, 2.05) is 6.07 Å². The second-order valence-corrected chi connectivity index (χ2v) is 4.62. The largest absolute Gasteiger partial charge is 0.469 e. The van der Waals surface area contributed by atoms with Crippen molar-refractivity contribution in [3.05, 3.63) is 34.9 Å². The van der Waals surface area contributed by atoms with Crippen molar-refractivity contribution in [1.82, 2.24) is 0 Å². The van der Waals surface area contributed by atoms with Crippen LogP contribution in [0.3, 0.4) is 0 Å². The van der Waals surface area contributed by atoms with Crippen LogP contribution < -0.4 is 5.73 Å². The summed E-state index contributed by atoms with van der Waals surface area (Å²) in [5.41, 5.74) is 9.87. The first-order valence-corrected chi connectivity index (χ1v) is 6.15. The minimum absolute atomic E-state index is 0.245. The smallest absolute Gasteiger partial charge is 0.307 e. The van der Waals surface area contributed by atoms with Crippen molar-refractivity contribution < 1.29 is 9.53 Å². The summed E-state index contributed by atoms with van der Waals surface area (Å²) in [7, 11) is 1.39. The van der Waals surface area contributed by atoms with E-state index in [1.54, 1.807) is 0 Å². The number of rotatable bonds is 3. The van der Waals surface area contributed by atoms with Gasteiger partial charge in [0.05, 0.1) is 13.5 Å². The monoisotopic (exact) mass is 233 g/mol. The molecule has 0 bridgehead atoms. The van der Waals surface area contributed by atoms with E-state index in [0.717, 1.165) is 12.0 Å². The van der Waals surface area contributed by atoms with Gasteiger partial charge in [-0.25, -0.2) is 0 Å². The number of methoxy groups -OCH3 is 1. The van der Waals surface area contributed by atoms with Crippen LogP contribution in [0.5, 0.6) is 0 Å². The molecule has 1 aliphatic rings. The van der Waals surface area contributed by atoms with E-state index in [-0.39, 0.29) is 18.4 Å². The average molecular weight is 233 g/mol. The normalized spacial score (nSPS) is 16.1. The van der Waals surface area contributed by atoms with Gasteiger partial charge in [0.15, 0.2) is 0 Å². The quantitative estimate of drug-likeness (QED) is 0.814. The van der Waals surface area contributed by atoms with Crippen molar-refractivity contribution in [1.29, 1.82) is 0 Å². The lowest BCUT2D eigenvalue weighted by atomic mass is 9.89. The van der Waals surface area contributed by atoms with Gasteiger partial charge < -0.3 is 10.5 Å². The number of fused-ring (bicyclic) bond motifs is 1. The van der Waals surface area contributed by atoms with Gasteiger partial charge in [-0.15, -0.1) is 0 Å². The molecule has 1 atom stereocenters. The number of esters is 1. The molecule has 17 heavy (non-hydrogen) atoms. The standard InChI is InChI=1S/C14H19NO2/c1-17-14(16)9-13(15)12-7-6-10-4-2-3-5-11(10)8-12/h6-8,13H,2-5,9,15H2,1H3. The van der Waals surface area contributed by atoms with E-state index in [4.69, 9.17) is 5.73 Å². The predicted molar refractivity (Wildman–Crippen MR) is 66.6 cm³/mol. The van der Waals surface area contributed by atoms with Crippen LogP contribution in [0.15, 0.2) is 18.2 Å². The topological polar surface area (TPSA) is 52.3 Å². The van der Waals surface area contributed by atoms with E-state index in [2.05, 4.69) is 16.9 Å². The molecule has 0 heterocycles. The molecule has 0 radical (unpaired) electrons. The minimum atomic E-state index is -0.255. The second-order valence-electron chi connectivity index (χ2n) is 4.62. The number of carbonyl (C=O) groups is 1. The van der Waals surface area contributed by atoms with E-state index < -0.39 is 0 Å². The Balaban J connectivity index is 2.13. The zero-order valence-corrected chi connectivity index (χ0v) is 10.2. The fraction of sp³-hybridized carbons (Fsp3) is 0.500. The van der Waals surface area contributed by atoms with Crippen molar-refractivity contribution in [2.75, 3.05) is 7.11 Å². The Bertz CT molecular complexity index is 415. The van der Waals surface area contributed by atoms with Crippen molar-refractivity contribution >= 4 is 5.97 Å². The molecule has 92 valence electrons. The molecule has 0 spiro atoms. The summed E-state index contributed by atoms with van der Waals surface area (Å²) in [4.78, 5) is 11.2. The molecule has 0 saturated carbocycles. The molecular weight excluding hydrogens is 214 g/mol. The van der Waals surface area contributed by atoms with Gasteiger partial charge in [-0.1, -0.05) is 18.2 Å². The number of carbonyl (C=O) groups excluding carboxylic acids is 1. The molecule has 0 saturated heterocycles. The molecule has 3 heteroatoms. The lowest BCUT2D eigenvalue weighted by Gasteiger charge is -2.18. The maximum Gasteiger partial charge on any atom is 0.307 e. The third kappa shape index (κ3) is 2.86. The van der Waals surface area contributed by atoms with Gasteiger partial charge in [0.1, 0.15) is 0 Å². The SMILES string of the molecule is COC(=O)CC(N)c1ccc2c(c1)CCCC2. The Morgan fingerprint density at radius 2 is 2.06 bits per heavy atom. The molecular formula is C14H19NO2. The molecule has 0 aliphatic heterocycles. The van der Waals surface area contributed by atoms with Crippen molar-refractivity contribution in [2.45, 2.75) is 38.1 Å². The Hall–Kier alpha value is -1.35. The number of ether oxygens (including phenoxy) is 1. The van der Waals surface area contributed by atoms with Crippen LogP contribution in [0.4, 0.5) is 0 Å². The molecule has 2 rings (SSSR count). The number of benzene rings is 1. The predicted octanol–water partition coefficient (Wildman–Crippen LogP) is 2.13.